The molecule has 2 aromatic carbocycles. The Hall–Kier alpha value is -1.85. The first-order chi connectivity index (χ1) is 10.8. The zero-order chi connectivity index (χ0) is 16.7. The number of aryl methyl sites for hydroxylation is 1. The predicted octanol–water partition coefficient (Wildman–Crippen LogP) is 3.59. The van der Waals surface area contributed by atoms with E-state index in [0.29, 0.717) is 23.6 Å². The highest BCUT2D eigenvalue weighted by Crippen LogP contribution is 2.47. The number of carbonyl (C=O) groups is 1. The van der Waals surface area contributed by atoms with Crippen molar-refractivity contribution in [3.8, 4) is 0 Å². The van der Waals surface area contributed by atoms with E-state index in [4.69, 9.17) is 11.6 Å². The van der Waals surface area contributed by atoms with Gasteiger partial charge in [0.15, 0.2) is 14.6 Å². The van der Waals surface area contributed by atoms with Gasteiger partial charge in [0.2, 0.25) is 5.91 Å². The highest BCUT2D eigenvalue weighted by atomic mass is 35.5. The van der Waals surface area contributed by atoms with Crippen LogP contribution in [0.25, 0.3) is 0 Å². The molecule has 1 aliphatic carbocycles. The Kier molecular flexibility index (Phi) is 3.94. The molecule has 2 aromatic rings. The Morgan fingerprint density at radius 2 is 1.61 bits per heavy atom. The molecule has 4 nitrogen and oxygen atoms in total. The molecule has 3 rings (SSSR count). The fourth-order valence-electron chi connectivity index (χ4n) is 2.45. The largest absolute Gasteiger partial charge is 0.325 e. The zero-order valence-electron chi connectivity index (χ0n) is 12.5. The van der Waals surface area contributed by atoms with Gasteiger partial charge in [-0.15, -0.1) is 0 Å². The van der Waals surface area contributed by atoms with E-state index < -0.39 is 20.5 Å². The molecule has 0 radical (unpaired) electrons. The number of sulfone groups is 1. The van der Waals surface area contributed by atoms with Crippen molar-refractivity contribution in [1.29, 1.82) is 0 Å². The summed E-state index contributed by atoms with van der Waals surface area (Å²) >= 11 is 5.80. The minimum atomic E-state index is -3.74. The Morgan fingerprint density at radius 1 is 1.04 bits per heavy atom. The number of rotatable bonds is 4. The SMILES string of the molecule is Cc1ccc(NC(=O)C2(S(=O)(=O)c3ccc(Cl)cc3)CC2)cc1. The Balaban J connectivity index is 1.87. The van der Waals surface area contributed by atoms with Crippen LogP contribution in [0.2, 0.25) is 5.02 Å². The number of hydrogen-bond acceptors (Lipinski definition) is 3. The van der Waals surface area contributed by atoms with Crippen molar-refractivity contribution in [3.63, 3.8) is 0 Å². The topological polar surface area (TPSA) is 63.2 Å². The molecule has 0 saturated heterocycles. The fraction of sp³-hybridized carbons (Fsp3) is 0.235. The third-order valence-electron chi connectivity index (χ3n) is 4.07. The van der Waals surface area contributed by atoms with Gasteiger partial charge in [-0.2, -0.15) is 0 Å². The highest BCUT2D eigenvalue weighted by Gasteiger charge is 2.61. The lowest BCUT2D eigenvalue weighted by atomic mass is 10.2. The van der Waals surface area contributed by atoms with Gasteiger partial charge in [0, 0.05) is 10.7 Å². The Bertz CT molecular complexity index is 838. The lowest BCUT2D eigenvalue weighted by Crippen LogP contribution is -2.37. The van der Waals surface area contributed by atoms with Crippen LogP contribution in [0, 0.1) is 6.92 Å². The van der Waals surface area contributed by atoms with Gasteiger partial charge in [-0.1, -0.05) is 29.3 Å². The van der Waals surface area contributed by atoms with E-state index in [2.05, 4.69) is 5.32 Å². The van der Waals surface area contributed by atoms with E-state index in [0.717, 1.165) is 5.56 Å². The molecule has 120 valence electrons. The third kappa shape index (κ3) is 2.86. The first kappa shape index (κ1) is 16.0. The molecule has 1 saturated carbocycles. The average Bonchev–Trinajstić information content (AvgIpc) is 3.32. The molecule has 1 amide bonds. The molecule has 0 aromatic heterocycles. The molecule has 0 atom stereocenters. The summed E-state index contributed by atoms with van der Waals surface area (Å²) in [5, 5.41) is 3.17. The maximum absolute atomic E-state index is 12.8. The van der Waals surface area contributed by atoms with E-state index >= 15 is 0 Å². The first-order valence-corrected chi connectivity index (χ1v) is 9.10. The minimum absolute atomic E-state index is 0.124. The Morgan fingerprint density at radius 3 is 2.13 bits per heavy atom. The summed E-state index contributed by atoms with van der Waals surface area (Å²) in [5.74, 6) is -0.476. The summed E-state index contributed by atoms with van der Waals surface area (Å²) in [7, 11) is -3.74. The van der Waals surface area contributed by atoms with Crippen molar-refractivity contribution in [3.05, 3.63) is 59.1 Å². The molecule has 0 unspecified atom stereocenters. The van der Waals surface area contributed by atoms with Crippen molar-refractivity contribution < 1.29 is 13.2 Å². The predicted molar refractivity (Wildman–Crippen MR) is 90.4 cm³/mol. The van der Waals surface area contributed by atoms with Gasteiger partial charge in [-0.3, -0.25) is 4.79 Å². The second kappa shape index (κ2) is 5.65. The van der Waals surface area contributed by atoms with Crippen LogP contribution in [0.5, 0.6) is 0 Å². The van der Waals surface area contributed by atoms with Gasteiger partial charge in [-0.05, 0) is 56.2 Å². The second-order valence-corrected chi connectivity index (χ2v) is 8.47. The van der Waals surface area contributed by atoms with Gasteiger partial charge >= 0.3 is 0 Å². The summed E-state index contributed by atoms with van der Waals surface area (Å²) in [5.41, 5.74) is 1.66. The average molecular weight is 350 g/mol. The van der Waals surface area contributed by atoms with Crippen LogP contribution in [0.1, 0.15) is 18.4 Å². The number of nitrogens with one attached hydrogen (secondary N) is 1. The maximum Gasteiger partial charge on any atom is 0.246 e. The third-order valence-corrected chi connectivity index (χ3v) is 6.83. The molecule has 23 heavy (non-hydrogen) atoms. The van der Waals surface area contributed by atoms with Gasteiger partial charge in [0.25, 0.3) is 0 Å². The summed E-state index contributed by atoms with van der Waals surface area (Å²) in [6, 6.07) is 13.2. The van der Waals surface area contributed by atoms with Crippen LogP contribution in [0.3, 0.4) is 0 Å². The van der Waals surface area contributed by atoms with Crippen molar-refractivity contribution >= 4 is 33.0 Å². The van der Waals surface area contributed by atoms with Gasteiger partial charge in [0.1, 0.15) is 0 Å². The Labute approximate surface area is 140 Å². The van der Waals surface area contributed by atoms with Crippen LogP contribution < -0.4 is 5.32 Å². The van der Waals surface area contributed by atoms with Crippen molar-refractivity contribution in [2.24, 2.45) is 0 Å². The van der Waals surface area contributed by atoms with E-state index in [-0.39, 0.29) is 4.90 Å². The number of anilines is 1. The normalized spacial score (nSPS) is 15.9. The smallest absolute Gasteiger partial charge is 0.246 e. The number of amides is 1. The molecular formula is C17H16ClNO3S. The summed E-state index contributed by atoms with van der Waals surface area (Å²) in [6.07, 6.45) is 0.658. The first-order valence-electron chi connectivity index (χ1n) is 7.23. The number of benzene rings is 2. The van der Waals surface area contributed by atoms with E-state index in [1.807, 2.05) is 19.1 Å². The van der Waals surface area contributed by atoms with Crippen LogP contribution in [-0.4, -0.2) is 19.1 Å². The molecule has 0 spiro atoms. The summed E-state index contributed by atoms with van der Waals surface area (Å²) < 4.78 is 24.2. The van der Waals surface area contributed by atoms with Crippen LogP contribution >= 0.6 is 11.6 Å². The van der Waals surface area contributed by atoms with Crippen molar-refractivity contribution in [2.45, 2.75) is 29.4 Å². The molecule has 0 bridgehead atoms. The quantitative estimate of drug-likeness (QED) is 0.917. The molecule has 1 fully saturated rings. The number of halogens is 1. The van der Waals surface area contributed by atoms with Crippen LogP contribution in [0.4, 0.5) is 5.69 Å². The van der Waals surface area contributed by atoms with Crippen LogP contribution in [-0.2, 0) is 14.6 Å². The van der Waals surface area contributed by atoms with E-state index in [1.54, 1.807) is 12.1 Å². The molecule has 0 aliphatic heterocycles. The van der Waals surface area contributed by atoms with Gasteiger partial charge in [0.05, 0.1) is 4.90 Å². The van der Waals surface area contributed by atoms with E-state index in [1.165, 1.54) is 24.3 Å². The number of carbonyl (C=O) groups excluding carboxylic acids is 1. The fourth-order valence-corrected chi connectivity index (χ4v) is 4.46. The number of hydrogen-bond donors (Lipinski definition) is 1. The molecule has 1 N–H and O–H groups in total. The van der Waals surface area contributed by atoms with Crippen molar-refractivity contribution in [2.75, 3.05) is 5.32 Å². The van der Waals surface area contributed by atoms with Crippen molar-refractivity contribution in [1.82, 2.24) is 0 Å². The molecule has 6 heteroatoms. The van der Waals surface area contributed by atoms with Crippen LogP contribution in [0.15, 0.2) is 53.4 Å². The van der Waals surface area contributed by atoms with E-state index in [9.17, 15) is 13.2 Å². The zero-order valence-corrected chi connectivity index (χ0v) is 14.1. The van der Waals surface area contributed by atoms with Gasteiger partial charge in [-0.25, -0.2) is 8.42 Å². The molecular weight excluding hydrogens is 334 g/mol. The standard InChI is InChI=1S/C17H16ClNO3S/c1-12-2-6-14(7-3-12)19-16(20)17(10-11-17)23(21,22)15-8-4-13(18)5-9-15/h2-9H,10-11H2,1H3,(H,19,20). The maximum atomic E-state index is 12.8. The summed E-state index contributed by atoms with van der Waals surface area (Å²) in [6.45, 7) is 1.94. The minimum Gasteiger partial charge on any atom is -0.325 e. The lowest BCUT2D eigenvalue weighted by molar-refractivity contribution is -0.116. The second-order valence-electron chi connectivity index (χ2n) is 5.77. The van der Waals surface area contributed by atoms with Gasteiger partial charge < -0.3 is 5.32 Å². The molecule has 0 heterocycles. The lowest BCUT2D eigenvalue weighted by Gasteiger charge is -2.16. The molecule has 1 aliphatic rings. The highest BCUT2D eigenvalue weighted by molar-refractivity contribution is 7.94. The summed E-state index contributed by atoms with van der Waals surface area (Å²) in [4.78, 5) is 12.7. The monoisotopic (exact) mass is 349 g/mol.